The molecular weight excluding hydrogens is 252 g/mol. The molecule has 2 nitrogen and oxygen atoms in total. The minimum atomic E-state index is 0.628. The summed E-state index contributed by atoms with van der Waals surface area (Å²) < 4.78 is 1.34. The maximum atomic E-state index is 5.91. The average Bonchev–Trinajstić information content (AvgIpc) is 2.78. The second kappa shape index (κ2) is 6.85. The van der Waals surface area contributed by atoms with Crippen LogP contribution in [-0.4, -0.2) is 18.0 Å². The zero-order valence-corrected chi connectivity index (χ0v) is 12.4. The SMILES string of the molecule is C=CCN(CCC)Cc1c(CN)sc2ccccc12. The van der Waals surface area contributed by atoms with Gasteiger partial charge in [-0.1, -0.05) is 31.2 Å². The molecule has 1 aromatic carbocycles. The summed E-state index contributed by atoms with van der Waals surface area (Å²) in [7, 11) is 0. The van der Waals surface area contributed by atoms with E-state index >= 15 is 0 Å². The van der Waals surface area contributed by atoms with Crippen molar-refractivity contribution in [3.8, 4) is 0 Å². The van der Waals surface area contributed by atoms with E-state index in [-0.39, 0.29) is 0 Å². The van der Waals surface area contributed by atoms with E-state index in [0.717, 1.165) is 26.1 Å². The van der Waals surface area contributed by atoms with E-state index in [1.165, 1.54) is 20.5 Å². The minimum absolute atomic E-state index is 0.628. The zero-order chi connectivity index (χ0) is 13.7. The predicted octanol–water partition coefficient (Wildman–Crippen LogP) is 3.76. The van der Waals surface area contributed by atoms with Crippen molar-refractivity contribution in [2.75, 3.05) is 13.1 Å². The summed E-state index contributed by atoms with van der Waals surface area (Å²) in [6.45, 7) is 9.69. The van der Waals surface area contributed by atoms with Crippen LogP contribution < -0.4 is 5.73 Å². The Bertz CT molecular complexity index is 545. The Morgan fingerprint density at radius 3 is 2.84 bits per heavy atom. The normalized spacial score (nSPS) is 11.3. The standard InChI is InChI=1S/C16H22N2S/c1-3-9-18(10-4-2)12-14-13-7-5-6-8-15(13)19-16(14)11-17/h3,5-8H,1,4,9-12,17H2,2H3. The number of benzene rings is 1. The van der Waals surface area contributed by atoms with Crippen molar-refractivity contribution in [2.24, 2.45) is 5.73 Å². The molecule has 0 saturated heterocycles. The Hall–Kier alpha value is -1.16. The van der Waals surface area contributed by atoms with Gasteiger partial charge in [-0.2, -0.15) is 0 Å². The monoisotopic (exact) mass is 274 g/mol. The molecule has 0 bridgehead atoms. The van der Waals surface area contributed by atoms with Crippen LogP contribution in [0, 0.1) is 0 Å². The van der Waals surface area contributed by atoms with Gasteiger partial charge in [-0.3, -0.25) is 4.90 Å². The maximum absolute atomic E-state index is 5.91. The van der Waals surface area contributed by atoms with Gasteiger partial charge in [0.15, 0.2) is 0 Å². The van der Waals surface area contributed by atoms with Crippen LogP contribution in [0.3, 0.4) is 0 Å². The molecule has 2 aromatic rings. The van der Waals surface area contributed by atoms with Crippen molar-refractivity contribution >= 4 is 21.4 Å². The molecule has 1 heterocycles. The van der Waals surface area contributed by atoms with E-state index < -0.39 is 0 Å². The van der Waals surface area contributed by atoms with Crippen LogP contribution in [0.2, 0.25) is 0 Å². The van der Waals surface area contributed by atoms with E-state index in [0.29, 0.717) is 6.54 Å². The van der Waals surface area contributed by atoms with E-state index in [9.17, 15) is 0 Å². The van der Waals surface area contributed by atoms with Crippen molar-refractivity contribution < 1.29 is 0 Å². The molecule has 0 fully saturated rings. The molecule has 0 radical (unpaired) electrons. The highest BCUT2D eigenvalue weighted by molar-refractivity contribution is 7.19. The molecule has 0 amide bonds. The molecule has 0 aliphatic heterocycles. The van der Waals surface area contributed by atoms with Crippen molar-refractivity contribution in [1.82, 2.24) is 4.90 Å². The Morgan fingerprint density at radius 1 is 1.37 bits per heavy atom. The summed E-state index contributed by atoms with van der Waals surface area (Å²) in [6.07, 6.45) is 3.14. The Balaban J connectivity index is 2.33. The topological polar surface area (TPSA) is 29.3 Å². The van der Waals surface area contributed by atoms with E-state index in [1.807, 2.05) is 17.4 Å². The van der Waals surface area contributed by atoms with E-state index in [4.69, 9.17) is 5.73 Å². The summed E-state index contributed by atoms with van der Waals surface area (Å²) in [5.41, 5.74) is 7.31. The van der Waals surface area contributed by atoms with Crippen LogP contribution in [0.5, 0.6) is 0 Å². The smallest absolute Gasteiger partial charge is 0.0349 e. The van der Waals surface area contributed by atoms with Gasteiger partial charge in [-0.05, 0) is 30.0 Å². The van der Waals surface area contributed by atoms with Crippen molar-refractivity contribution in [3.05, 3.63) is 47.4 Å². The highest BCUT2D eigenvalue weighted by atomic mass is 32.1. The molecule has 1 aromatic heterocycles. The molecule has 19 heavy (non-hydrogen) atoms. The minimum Gasteiger partial charge on any atom is -0.326 e. The summed E-state index contributed by atoms with van der Waals surface area (Å²) in [6, 6.07) is 8.59. The molecule has 0 saturated carbocycles. The number of rotatable bonds is 7. The number of hydrogen-bond donors (Lipinski definition) is 1. The number of nitrogens with zero attached hydrogens (tertiary/aromatic N) is 1. The first kappa shape index (κ1) is 14.3. The fourth-order valence-electron chi connectivity index (χ4n) is 2.45. The summed E-state index contributed by atoms with van der Waals surface area (Å²) in [5.74, 6) is 0. The molecule has 102 valence electrons. The van der Waals surface area contributed by atoms with E-state index in [1.54, 1.807) is 0 Å². The van der Waals surface area contributed by atoms with Crippen LogP contribution in [0.4, 0.5) is 0 Å². The van der Waals surface area contributed by atoms with Crippen LogP contribution >= 0.6 is 11.3 Å². The van der Waals surface area contributed by atoms with Crippen molar-refractivity contribution in [2.45, 2.75) is 26.4 Å². The number of fused-ring (bicyclic) bond motifs is 1. The molecule has 0 unspecified atom stereocenters. The van der Waals surface area contributed by atoms with Gasteiger partial charge in [0.2, 0.25) is 0 Å². The molecular formula is C16H22N2S. The lowest BCUT2D eigenvalue weighted by Crippen LogP contribution is -2.24. The lowest BCUT2D eigenvalue weighted by atomic mass is 10.1. The van der Waals surface area contributed by atoms with E-state index in [2.05, 4.69) is 42.7 Å². The first-order chi connectivity index (χ1) is 9.30. The van der Waals surface area contributed by atoms with Gasteiger partial charge in [0.05, 0.1) is 0 Å². The van der Waals surface area contributed by atoms with Crippen molar-refractivity contribution in [1.29, 1.82) is 0 Å². The van der Waals surface area contributed by atoms with Crippen molar-refractivity contribution in [3.63, 3.8) is 0 Å². The lowest BCUT2D eigenvalue weighted by Gasteiger charge is -2.20. The van der Waals surface area contributed by atoms with Gasteiger partial charge in [0.1, 0.15) is 0 Å². The van der Waals surface area contributed by atoms with Crippen LogP contribution in [0.1, 0.15) is 23.8 Å². The van der Waals surface area contributed by atoms with Gasteiger partial charge in [-0.25, -0.2) is 0 Å². The lowest BCUT2D eigenvalue weighted by molar-refractivity contribution is 0.296. The fourth-order valence-corrected chi connectivity index (χ4v) is 3.54. The second-order valence-electron chi connectivity index (χ2n) is 4.73. The second-order valence-corrected chi connectivity index (χ2v) is 5.86. The Labute approximate surface area is 119 Å². The average molecular weight is 274 g/mol. The summed E-state index contributed by atoms with van der Waals surface area (Å²) in [5, 5.41) is 1.36. The van der Waals surface area contributed by atoms with Crippen LogP contribution in [0.15, 0.2) is 36.9 Å². The largest absolute Gasteiger partial charge is 0.326 e. The van der Waals surface area contributed by atoms with Gasteiger partial charge < -0.3 is 5.73 Å². The Morgan fingerprint density at radius 2 is 2.16 bits per heavy atom. The zero-order valence-electron chi connectivity index (χ0n) is 11.6. The quantitative estimate of drug-likeness (QED) is 0.779. The maximum Gasteiger partial charge on any atom is 0.0349 e. The molecule has 0 spiro atoms. The van der Waals surface area contributed by atoms with Gasteiger partial charge in [0.25, 0.3) is 0 Å². The third kappa shape index (κ3) is 3.24. The molecule has 0 atom stereocenters. The fraction of sp³-hybridized carbons (Fsp3) is 0.375. The highest BCUT2D eigenvalue weighted by Crippen LogP contribution is 2.31. The third-order valence-corrected chi connectivity index (χ3v) is 4.51. The third-order valence-electron chi connectivity index (χ3n) is 3.28. The molecule has 2 rings (SSSR count). The van der Waals surface area contributed by atoms with Crippen LogP contribution in [0.25, 0.3) is 10.1 Å². The van der Waals surface area contributed by atoms with Crippen LogP contribution in [-0.2, 0) is 13.1 Å². The summed E-state index contributed by atoms with van der Waals surface area (Å²) in [4.78, 5) is 3.74. The number of nitrogens with two attached hydrogens (primary N) is 1. The molecule has 2 N–H and O–H groups in total. The molecule has 0 aliphatic rings. The predicted molar refractivity (Wildman–Crippen MR) is 85.5 cm³/mol. The Kier molecular flexibility index (Phi) is 5.14. The highest BCUT2D eigenvalue weighted by Gasteiger charge is 2.13. The molecule has 3 heteroatoms. The van der Waals surface area contributed by atoms with Gasteiger partial charge >= 0.3 is 0 Å². The number of hydrogen-bond acceptors (Lipinski definition) is 3. The molecule has 0 aliphatic carbocycles. The van der Waals surface area contributed by atoms with Gasteiger partial charge in [-0.15, -0.1) is 17.9 Å². The first-order valence-electron chi connectivity index (χ1n) is 6.82. The summed E-state index contributed by atoms with van der Waals surface area (Å²) >= 11 is 1.82. The first-order valence-corrected chi connectivity index (χ1v) is 7.64. The number of thiophene rings is 1. The van der Waals surface area contributed by atoms with Gasteiger partial charge in [0, 0.05) is 29.2 Å².